The van der Waals surface area contributed by atoms with Gasteiger partial charge in [0.25, 0.3) is 0 Å². The average molecular weight is 675 g/mol. The van der Waals surface area contributed by atoms with Crippen molar-refractivity contribution in [2.24, 2.45) is 0 Å². The lowest BCUT2D eigenvalue weighted by molar-refractivity contribution is 0.758. The van der Waals surface area contributed by atoms with Gasteiger partial charge in [-0.1, -0.05) is 195 Å². The van der Waals surface area contributed by atoms with Crippen LogP contribution in [-0.4, -0.2) is 9.97 Å². The minimum absolute atomic E-state index is 0.625. The standard InChI is InChI=1S/C51H34N2/c1-34(25-26-35-15-5-2-6-16-35)36-27-29-37(30-28-36)40-31-32-42-41-21-11-13-23-44(41)51(46(42)33-40)45-24-14-12-22-43(45)47-48(38-17-7-3-8-18-38)52-50(53-49(47)51)39-19-9-4-10-20-39/h2-33H,1H2/b26-25-. The van der Waals surface area contributed by atoms with Crippen LogP contribution >= 0.6 is 0 Å². The predicted octanol–water partition coefficient (Wildman–Crippen LogP) is 12.5. The fraction of sp³-hybridized carbons (Fsp3) is 0.0196. The maximum absolute atomic E-state index is 5.60. The summed E-state index contributed by atoms with van der Waals surface area (Å²) in [5, 5.41) is 0. The Balaban J connectivity index is 1.18. The van der Waals surface area contributed by atoms with Gasteiger partial charge in [-0.05, 0) is 67.3 Å². The Morgan fingerprint density at radius 2 is 1.04 bits per heavy atom. The first-order valence-corrected chi connectivity index (χ1v) is 18.1. The number of hydrogen-bond acceptors (Lipinski definition) is 2. The summed E-state index contributed by atoms with van der Waals surface area (Å²) >= 11 is 0. The third-order valence-electron chi connectivity index (χ3n) is 10.9. The molecule has 1 heterocycles. The highest BCUT2D eigenvalue weighted by molar-refractivity contribution is 5.99. The van der Waals surface area contributed by atoms with E-state index in [1.54, 1.807) is 0 Å². The first-order valence-electron chi connectivity index (χ1n) is 18.1. The van der Waals surface area contributed by atoms with Crippen LogP contribution in [-0.2, 0) is 5.41 Å². The van der Waals surface area contributed by atoms with Gasteiger partial charge in [0, 0.05) is 16.7 Å². The Morgan fingerprint density at radius 3 is 1.75 bits per heavy atom. The van der Waals surface area contributed by atoms with E-state index in [9.17, 15) is 0 Å². The van der Waals surface area contributed by atoms with Crippen LogP contribution in [0.3, 0.4) is 0 Å². The molecule has 2 nitrogen and oxygen atoms in total. The van der Waals surface area contributed by atoms with Gasteiger partial charge in [-0.25, -0.2) is 9.97 Å². The molecular weight excluding hydrogens is 641 g/mol. The molecule has 2 heteroatoms. The highest BCUT2D eigenvalue weighted by Crippen LogP contribution is 2.63. The maximum Gasteiger partial charge on any atom is 0.160 e. The first-order chi connectivity index (χ1) is 26.2. The number of allylic oxidation sites excluding steroid dienone is 2. The zero-order valence-corrected chi connectivity index (χ0v) is 29.1. The van der Waals surface area contributed by atoms with Crippen LogP contribution < -0.4 is 0 Å². The quantitative estimate of drug-likeness (QED) is 0.164. The number of aromatic nitrogens is 2. The van der Waals surface area contributed by atoms with Crippen LogP contribution in [0, 0.1) is 0 Å². The molecule has 1 atom stereocenters. The molecule has 2 aliphatic rings. The lowest BCUT2D eigenvalue weighted by Gasteiger charge is -2.30. The largest absolute Gasteiger partial charge is 0.231 e. The molecule has 0 amide bonds. The van der Waals surface area contributed by atoms with Gasteiger partial charge in [0.2, 0.25) is 0 Å². The van der Waals surface area contributed by atoms with Crippen molar-refractivity contribution in [1.29, 1.82) is 0 Å². The van der Waals surface area contributed by atoms with E-state index in [1.165, 1.54) is 38.9 Å². The molecule has 0 saturated carbocycles. The van der Waals surface area contributed by atoms with Crippen LogP contribution in [0.2, 0.25) is 0 Å². The van der Waals surface area contributed by atoms with E-state index in [0.29, 0.717) is 0 Å². The highest BCUT2D eigenvalue weighted by atomic mass is 14.9. The summed E-state index contributed by atoms with van der Waals surface area (Å²) in [5.74, 6) is 0.731. The van der Waals surface area contributed by atoms with Crippen LogP contribution in [0.4, 0.5) is 0 Å². The minimum atomic E-state index is -0.625. The topological polar surface area (TPSA) is 25.8 Å². The van der Waals surface area contributed by atoms with Gasteiger partial charge in [0.1, 0.15) is 0 Å². The van der Waals surface area contributed by atoms with Crippen LogP contribution in [0.15, 0.2) is 195 Å². The summed E-state index contributed by atoms with van der Waals surface area (Å²) in [6.07, 6.45) is 4.20. The van der Waals surface area contributed by atoms with Crippen molar-refractivity contribution < 1.29 is 0 Å². The molecule has 0 bridgehead atoms. The Hall–Kier alpha value is -6.90. The molecular formula is C51H34N2. The predicted molar refractivity (Wildman–Crippen MR) is 219 cm³/mol. The Bertz CT molecular complexity index is 2710. The van der Waals surface area contributed by atoms with Crippen molar-refractivity contribution in [2.45, 2.75) is 5.41 Å². The fourth-order valence-electron chi connectivity index (χ4n) is 8.40. The molecule has 1 spiro atoms. The number of fused-ring (bicyclic) bond motifs is 10. The Morgan fingerprint density at radius 1 is 0.472 bits per heavy atom. The molecule has 1 unspecified atom stereocenters. The number of nitrogens with zero attached hydrogens (tertiary/aromatic N) is 2. The van der Waals surface area contributed by atoms with Crippen LogP contribution in [0.5, 0.6) is 0 Å². The third-order valence-corrected chi connectivity index (χ3v) is 10.9. The molecule has 0 aliphatic heterocycles. The van der Waals surface area contributed by atoms with Gasteiger partial charge >= 0.3 is 0 Å². The van der Waals surface area contributed by atoms with Gasteiger partial charge < -0.3 is 0 Å². The number of benzene rings is 7. The SMILES string of the molecule is C=C(/C=C\c1ccccc1)c1ccc(-c2ccc3c(c2)C2(c4ccccc4-3)c3ccccc3-c3c(-c4ccccc4)nc(-c4ccccc4)nc32)cc1. The zero-order valence-electron chi connectivity index (χ0n) is 29.1. The van der Waals surface area contributed by atoms with Gasteiger partial charge in [-0.2, -0.15) is 0 Å². The van der Waals surface area contributed by atoms with Gasteiger partial charge in [-0.3, -0.25) is 0 Å². The highest BCUT2D eigenvalue weighted by Gasteiger charge is 2.54. The summed E-state index contributed by atoms with van der Waals surface area (Å²) in [6, 6.07) is 64.8. The average Bonchev–Trinajstić information content (AvgIpc) is 3.70. The second-order valence-corrected chi connectivity index (χ2v) is 13.8. The van der Waals surface area contributed by atoms with E-state index in [-0.39, 0.29) is 0 Å². The minimum Gasteiger partial charge on any atom is -0.231 e. The van der Waals surface area contributed by atoms with Crippen molar-refractivity contribution in [2.75, 3.05) is 0 Å². The van der Waals surface area contributed by atoms with Crippen LogP contribution in [0.1, 0.15) is 33.5 Å². The normalized spacial score (nSPS) is 14.9. The summed E-state index contributed by atoms with van der Waals surface area (Å²) in [6.45, 7) is 4.36. The Labute approximate surface area is 310 Å². The molecule has 2 aliphatic carbocycles. The van der Waals surface area contributed by atoms with Crippen molar-refractivity contribution in [3.63, 3.8) is 0 Å². The van der Waals surface area contributed by atoms with E-state index in [4.69, 9.17) is 9.97 Å². The smallest absolute Gasteiger partial charge is 0.160 e. The maximum atomic E-state index is 5.60. The number of rotatable bonds is 6. The first kappa shape index (κ1) is 30.9. The van der Waals surface area contributed by atoms with Crippen molar-refractivity contribution in [3.05, 3.63) is 228 Å². The van der Waals surface area contributed by atoms with Crippen LogP contribution in [0.25, 0.3) is 67.7 Å². The van der Waals surface area contributed by atoms with Gasteiger partial charge in [0.05, 0.1) is 16.8 Å². The fourth-order valence-corrected chi connectivity index (χ4v) is 8.40. The van der Waals surface area contributed by atoms with Gasteiger partial charge in [0.15, 0.2) is 5.82 Å². The van der Waals surface area contributed by atoms with E-state index < -0.39 is 5.41 Å². The van der Waals surface area contributed by atoms with E-state index in [2.05, 4.69) is 189 Å². The van der Waals surface area contributed by atoms with E-state index >= 15 is 0 Å². The summed E-state index contributed by atoms with van der Waals surface area (Å²) in [7, 11) is 0. The second kappa shape index (κ2) is 12.4. The van der Waals surface area contributed by atoms with Crippen molar-refractivity contribution in [3.8, 4) is 56.0 Å². The van der Waals surface area contributed by atoms with E-state index in [0.717, 1.165) is 56.2 Å². The molecule has 8 aromatic rings. The number of hydrogen-bond donors (Lipinski definition) is 0. The lowest BCUT2D eigenvalue weighted by Crippen LogP contribution is -2.27. The van der Waals surface area contributed by atoms with Crippen molar-refractivity contribution >= 4 is 11.6 Å². The molecule has 0 fully saturated rings. The second-order valence-electron chi connectivity index (χ2n) is 13.8. The molecule has 248 valence electrons. The Kier molecular flexibility index (Phi) is 7.23. The van der Waals surface area contributed by atoms with Crippen molar-refractivity contribution in [1.82, 2.24) is 9.97 Å². The van der Waals surface area contributed by atoms with Gasteiger partial charge in [-0.15, -0.1) is 0 Å². The summed E-state index contributed by atoms with van der Waals surface area (Å²) in [4.78, 5) is 10.9. The monoisotopic (exact) mass is 674 g/mol. The molecule has 0 N–H and O–H groups in total. The molecule has 1 aromatic heterocycles. The lowest BCUT2D eigenvalue weighted by atomic mass is 9.72. The van der Waals surface area contributed by atoms with E-state index in [1.807, 2.05) is 12.1 Å². The molecule has 0 saturated heterocycles. The zero-order chi connectivity index (χ0) is 35.4. The molecule has 10 rings (SSSR count). The molecule has 53 heavy (non-hydrogen) atoms. The summed E-state index contributed by atoms with van der Waals surface area (Å²) in [5.41, 5.74) is 17.5. The molecule has 7 aromatic carbocycles. The summed E-state index contributed by atoms with van der Waals surface area (Å²) < 4.78 is 0. The molecule has 0 radical (unpaired) electrons. The third kappa shape index (κ3) is 4.87.